The van der Waals surface area contributed by atoms with Gasteiger partial charge in [-0.3, -0.25) is 0 Å². The highest BCUT2D eigenvalue weighted by atomic mass is 16.5. The zero-order valence-electron chi connectivity index (χ0n) is 9.37. The van der Waals surface area contributed by atoms with Crippen LogP contribution < -0.4 is 5.32 Å². The van der Waals surface area contributed by atoms with Crippen molar-refractivity contribution in [1.82, 2.24) is 15.5 Å². The first-order chi connectivity index (χ1) is 6.67. The number of nitrogens with zero attached hydrogens (tertiary/aromatic N) is 2. The molecule has 0 spiro atoms. The highest BCUT2D eigenvalue weighted by Gasteiger charge is 2.16. The van der Waals surface area contributed by atoms with Crippen LogP contribution in [0.25, 0.3) is 0 Å². The Morgan fingerprint density at radius 2 is 2.07 bits per heavy atom. The molecule has 2 unspecified atom stereocenters. The molecule has 0 radical (unpaired) electrons. The molecule has 1 aromatic rings. The first-order valence-electron chi connectivity index (χ1n) is 5.23. The van der Waals surface area contributed by atoms with Crippen molar-refractivity contribution < 1.29 is 4.52 Å². The fourth-order valence-corrected chi connectivity index (χ4v) is 1.29. The molecular weight excluding hydrogens is 178 g/mol. The van der Waals surface area contributed by atoms with Crippen molar-refractivity contribution in [3.05, 3.63) is 11.7 Å². The molecule has 0 amide bonds. The minimum atomic E-state index is 0.211. The summed E-state index contributed by atoms with van der Waals surface area (Å²) in [6.07, 6.45) is 2.08. The van der Waals surface area contributed by atoms with Crippen LogP contribution >= 0.6 is 0 Å². The molecule has 2 atom stereocenters. The first-order valence-corrected chi connectivity index (χ1v) is 5.23. The summed E-state index contributed by atoms with van der Waals surface area (Å²) in [6, 6.07) is 0.696. The summed E-state index contributed by atoms with van der Waals surface area (Å²) in [5.74, 6) is 1.40. The van der Waals surface area contributed by atoms with Gasteiger partial charge in [0.1, 0.15) is 0 Å². The van der Waals surface area contributed by atoms with E-state index in [-0.39, 0.29) is 6.04 Å². The van der Waals surface area contributed by atoms with E-state index in [0.717, 1.165) is 18.7 Å². The fourth-order valence-electron chi connectivity index (χ4n) is 1.29. The molecule has 4 heteroatoms. The van der Waals surface area contributed by atoms with Gasteiger partial charge in [0.15, 0.2) is 5.82 Å². The number of hydrogen-bond donors (Lipinski definition) is 1. The molecule has 0 aromatic carbocycles. The highest BCUT2D eigenvalue weighted by molar-refractivity contribution is 4.93. The van der Waals surface area contributed by atoms with Gasteiger partial charge in [-0.15, -0.1) is 0 Å². The average Bonchev–Trinajstić information content (AvgIpc) is 2.60. The van der Waals surface area contributed by atoms with E-state index >= 15 is 0 Å². The molecule has 1 aromatic heterocycles. The van der Waals surface area contributed by atoms with E-state index in [1.807, 2.05) is 6.92 Å². The Kier molecular flexibility index (Phi) is 4.07. The maximum absolute atomic E-state index is 4.96. The quantitative estimate of drug-likeness (QED) is 0.786. The van der Waals surface area contributed by atoms with E-state index < -0.39 is 0 Å². The lowest BCUT2D eigenvalue weighted by atomic mass is 10.1. The Morgan fingerprint density at radius 3 is 2.50 bits per heavy atom. The lowest BCUT2D eigenvalue weighted by molar-refractivity contribution is 0.364. The van der Waals surface area contributed by atoms with Gasteiger partial charge in [-0.25, -0.2) is 0 Å². The Bertz CT molecular complexity index is 272. The fraction of sp³-hybridized carbons (Fsp3) is 0.800. The molecule has 0 saturated heterocycles. The second-order valence-corrected chi connectivity index (χ2v) is 3.61. The van der Waals surface area contributed by atoms with Crippen molar-refractivity contribution in [2.45, 2.75) is 52.6 Å². The molecule has 0 aliphatic heterocycles. The zero-order chi connectivity index (χ0) is 10.6. The van der Waals surface area contributed by atoms with Gasteiger partial charge in [0.2, 0.25) is 5.89 Å². The lowest BCUT2D eigenvalue weighted by Crippen LogP contribution is -2.30. The molecule has 1 rings (SSSR count). The van der Waals surface area contributed by atoms with Crippen LogP contribution in [0.15, 0.2) is 4.52 Å². The maximum atomic E-state index is 4.96. The van der Waals surface area contributed by atoms with E-state index in [1.54, 1.807) is 0 Å². The summed E-state index contributed by atoms with van der Waals surface area (Å²) >= 11 is 0. The van der Waals surface area contributed by atoms with E-state index in [9.17, 15) is 0 Å². The normalized spacial score (nSPS) is 15.4. The summed E-state index contributed by atoms with van der Waals surface area (Å²) in [6.45, 7) is 8.25. The zero-order valence-corrected chi connectivity index (χ0v) is 9.37. The third kappa shape index (κ3) is 2.80. The van der Waals surface area contributed by atoms with E-state index in [2.05, 4.69) is 36.2 Å². The Labute approximate surface area is 85.1 Å². The van der Waals surface area contributed by atoms with Gasteiger partial charge in [-0.05, 0) is 19.8 Å². The van der Waals surface area contributed by atoms with Gasteiger partial charge in [0.05, 0.1) is 6.04 Å². The van der Waals surface area contributed by atoms with Crippen LogP contribution in [0.2, 0.25) is 0 Å². The standard InChI is InChI=1S/C10H19N3O/c1-5-7(3)11-9(6-2)10-12-8(4)14-13-10/h7,9,11H,5-6H2,1-4H3. The predicted molar refractivity (Wildman–Crippen MR) is 55.0 cm³/mol. The van der Waals surface area contributed by atoms with Crippen molar-refractivity contribution in [3.8, 4) is 0 Å². The van der Waals surface area contributed by atoms with E-state index in [0.29, 0.717) is 11.9 Å². The van der Waals surface area contributed by atoms with Crippen molar-refractivity contribution in [2.24, 2.45) is 0 Å². The molecule has 0 aliphatic carbocycles. The number of aryl methyl sites for hydroxylation is 1. The van der Waals surface area contributed by atoms with Gasteiger partial charge in [-0.1, -0.05) is 19.0 Å². The van der Waals surface area contributed by atoms with Crippen molar-refractivity contribution in [1.29, 1.82) is 0 Å². The van der Waals surface area contributed by atoms with Gasteiger partial charge in [0, 0.05) is 13.0 Å². The smallest absolute Gasteiger partial charge is 0.223 e. The number of nitrogens with one attached hydrogen (secondary N) is 1. The van der Waals surface area contributed by atoms with Crippen molar-refractivity contribution in [3.63, 3.8) is 0 Å². The second-order valence-electron chi connectivity index (χ2n) is 3.61. The van der Waals surface area contributed by atoms with Crippen molar-refractivity contribution in [2.75, 3.05) is 0 Å². The number of rotatable bonds is 5. The molecule has 1 heterocycles. The van der Waals surface area contributed by atoms with Crippen LogP contribution in [0.5, 0.6) is 0 Å². The monoisotopic (exact) mass is 197 g/mol. The van der Waals surface area contributed by atoms with Crippen LogP contribution in [-0.2, 0) is 0 Å². The SMILES string of the molecule is CCC(C)NC(CC)c1noc(C)n1. The van der Waals surface area contributed by atoms with Gasteiger partial charge >= 0.3 is 0 Å². The largest absolute Gasteiger partial charge is 0.340 e. The van der Waals surface area contributed by atoms with Crippen LogP contribution in [-0.4, -0.2) is 16.2 Å². The van der Waals surface area contributed by atoms with Gasteiger partial charge in [-0.2, -0.15) is 4.98 Å². The minimum absolute atomic E-state index is 0.211. The highest BCUT2D eigenvalue weighted by Crippen LogP contribution is 2.14. The Hall–Kier alpha value is -0.900. The molecule has 0 saturated carbocycles. The summed E-state index contributed by atoms with van der Waals surface area (Å²) < 4.78 is 4.96. The summed E-state index contributed by atoms with van der Waals surface area (Å²) in [7, 11) is 0. The van der Waals surface area contributed by atoms with E-state index in [4.69, 9.17) is 4.52 Å². The molecule has 0 aliphatic rings. The minimum Gasteiger partial charge on any atom is -0.340 e. The average molecular weight is 197 g/mol. The van der Waals surface area contributed by atoms with Gasteiger partial charge in [0.25, 0.3) is 0 Å². The number of aromatic nitrogens is 2. The van der Waals surface area contributed by atoms with Crippen LogP contribution in [0.1, 0.15) is 51.4 Å². The summed E-state index contributed by atoms with van der Waals surface area (Å²) in [4.78, 5) is 4.23. The maximum Gasteiger partial charge on any atom is 0.223 e. The van der Waals surface area contributed by atoms with Gasteiger partial charge < -0.3 is 9.84 Å². The molecule has 80 valence electrons. The summed E-state index contributed by atoms with van der Waals surface area (Å²) in [5, 5.41) is 7.39. The molecule has 0 fully saturated rings. The topological polar surface area (TPSA) is 51.0 Å². The predicted octanol–water partition coefficient (Wildman–Crippen LogP) is 2.22. The first kappa shape index (κ1) is 11.2. The van der Waals surface area contributed by atoms with E-state index in [1.165, 1.54) is 0 Å². The molecule has 1 N–H and O–H groups in total. The molecule has 0 bridgehead atoms. The Morgan fingerprint density at radius 1 is 1.36 bits per heavy atom. The second kappa shape index (κ2) is 5.10. The van der Waals surface area contributed by atoms with Crippen LogP contribution in [0.3, 0.4) is 0 Å². The van der Waals surface area contributed by atoms with Crippen LogP contribution in [0, 0.1) is 6.92 Å². The molecular formula is C10H19N3O. The Balaban J connectivity index is 2.62. The third-order valence-electron chi connectivity index (χ3n) is 2.36. The lowest BCUT2D eigenvalue weighted by Gasteiger charge is -2.17. The molecule has 14 heavy (non-hydrogen) atoms. The molecule has 4 nitrogen and oxygen atoms in total. The summed E-state index contributed by atoms with van der Waals surface area (Å²) in [5.41, 5.74) is 0. The van der Waals surface area contributed by atoms with Crippen LogP contribution in [0.4, 0.5) is 0 Å². The number of hydrogen-bond acceptors (Lipinski definition) is 4. The third-order valence-corrected chi connectivity index (χ3v) is 2.36. The van der Waals surface area contributed by atoms with Crippen molar-refractivity contribution >= 4 is 0 Å².